The molecule has 0 aliphatic carbocycles. The molecule has 2 rings (SSSR count). The number of nitrogens with zero attached hydrogens (tertiary/aromatic N) is 2. The van der Waals surface area contributed by atoms with Crippen LogP contribution in [0.3, 0.4) is 0 Å². The van der Waals surface area contributed by atoms with Gasteiger partial charge in [0.15, 0.2) is 0 Å². The zero-order valence-electron chi connectivity index (χ0n) is 12.7. The van der Waals surface area contributed by atoms with E-state index >= 15 is 0 Å². The molecule has 0 bridgehead atoms. The molecule has 0 aromatic heterocycles. The van der Waals surface area contributed by atoms with Crippen LogP contribution in [0, 0.1) is 0 Å². The highest BCUT2D eigenvalue weighted by molar-refractivity contribution is 7.89. The van der Waals surface area contributed by atoms with E-state index < -0.39 is 27.7 Å². The molecule has 1 saturated heterocycles. The van der Waals surface area contributed by atoms with E-state index in [0.717, 1.165) is 24.3 Å². The van der Waals surface area contributed by atoms with Crippen molar-refractivity contribution in [3.63, 3.8) is 0 Å². The molecule has 0 radical (unpaired) electrons. The number of halogens is 3. The van der Waals surface area contributed by atoms with Gasteiger partial charge in [-0.2, -0.15) is 17.5 Å². The summed E-state index contributed by atoms with van der Waals surface area (Å²) in [7, 11) is -3.86. The summed E-state index contributed by atoms with van der Waals surface area (Å²) in [6, 6.07) is 3.40. The lowest BCUT2D eigenvalue weighted by Crippen LogP contribution is -2.48. The average Bonchev–Trinajstić information content (AvgIpc) is 2.52. The summed E-state index contributed by atoms with van der Waals surface area (Å²) in [6.07, 6.45) is -4.54. The van der Waals surface area contributed by atoms with Crippen LogP contribution in [0.15, 0.2) is 29.2 Å². The van der Waals surface area contributed by atoms with E-state index in [1.807, 2.05) is 4.90 Å². The number of hydrogen-bond donors (Lipinski definition) is 1. The molecule has 0 amide bonds. The van der Waals surface area contributed by atoms with E-state index in [-0.39, 0.29) is 24.4 Å². The second kappa shape index (κ2) is 7.08. The Bertz CT molecular complexity index is 681. The summed E-state index contributed by atoms with van der Waals surface area (Å²) >= 11 is 0. The molecule has 1 aliphatic rings. The van der Waals surface area contributed by atoms with Gasteiger partial charge < -0.3 is 10.0 Å². The first-order chi connectivity index (χ1) is 11.1. The summed E-state index contributed by atoms with van der Waals surface area (Å²) in [6.45, 7) is 1.44. The van der Waals surface area contributed by atoms with Crippen LogP contribution in [0.2, 0.25) is 0 Å². The molecule has 1 aromatic carbocycles. The van der Waals surface area contributed by atoms with Gasteiger partial charge in [0.25, 0.3) is 0 Å². The number of hydrogen-bond acceptors (Lipinski definition) is 4. The van der Waals surface area contributed by atoms with Crippen LogP contribution in [-0.2, 0) is 21.0 Å². The van der Waals surface area contributed by atoms with Gasteiger partial charge in [-0.3, -0.25) is 4.79 Å². The van der Waals surface area contributed by atoms with E-state index in [4.69, 9.17) is 5.11 Å². The topological polar surface area (TPSA) is 77.9 Å². The van der Waals surface area contributed by atoms with E-state index in [1.54, 1.807) is 0 Å². The summed E-state index contributed by atoms with van der Waals surface area (Å²) in [5.41, 5.74) is -0.903. The van der Waals surface area contributed by atoms with E-state index in [1.165, 1.54) is 4.31 Å². The number of carboxylic acids is 1. The van der Waals surface area contributed by atoms with Crippen LogP contribution in [0.4, 0.5) is 13.2 Å². The van der Waals surface area contributed by atoms with Crippen molar-refractivity contribution in [2.45, 2.75) is 17.5 Å². The molecule has 1 aromatic rings. The fourth-order valence-electron chi connectivity index (χ4n) is 2.41. The molecule has 0 unspecified atom stereocenters. The molecule has 6 nitrogen and oxygen atoms in total. The predicted octanol–water partition coefficient (Wildman–Crippen LogP) is 1.49. The van der Waals surface area contributed by atoms with Gasteiger partial charge in [0.2, 0.25) is 10.0 Å². The molecule has 0 saturated carbocycles. The summed E-state index contributed by atoms with van der Waals surface area (Å²) in [4.78, 5) is 12.2. The predicted molar refractivity (Wildman–Crippen MR) is 78.9 cm³/mol. The summed E-state index contributed by atoms with van der Waals surface area (Å²) in [5, 5.41) is 8.64. The smallest absolute Gasteiger partial charge is 0.416 e. The first kappa shape index (κ1) is 18.7. The number of carboxylic acid groups (broad SMARTS) is 1. The van der Waals surface area contributed by atoms with Crippen LogP contribution in [-0.4, -0.2) is 61.4 Å². The third-order valence-electron chi connectivity index (χ3n) is 3.79. The van der Waals surface area contributed by atoms with Crippen LogP contribution in [0.1, 0.15) is 12.0 Å². The van der Waals surface area contributed by atoms with E-state index in [9.17, 15) is 26.4 Å². The second-order valence-electron chi connectivity index (χ2n) is 5.41. The lowest BCUT2D eigenvalue weighted by molar-refractivity contribution is -0.138. The van der Waals surface area contributed by atoms with Gasteiger partial charge in [-0.1, -0.05) is 0 Å². The lowest BCUT2D eigenvalue weighted by Gasteiger charge is -2.33. The second-order valence-corrected chi connectivity index (χ2v) is 7.35. The SMILES string of the molecule is O=C(O)CCN1CCN(S(=O)(=O)c2ccc(C(F)(F)F)cc2)CC1. The highest BCUT2D eigenvalue weighted by atomic mass is 32.2. The quantitative estimate of drug-likeness (QED) is 0.854. The number of alkyl halides is 3. The Morgan fingerprint density at radius 2 is 1.62 bits per heavy atom. The molecule has 10 heteroatoms. The minimum atomic E-state index is -4.52. The van der Waals surface area contributed by atoms with E-state index in [0.29, 0.717) is 19.6 Å². The Kier molecular flexibility index (Phi) is 5.51. The standard InChI is InChI=1S/C14H17F3N2O4S/c15-14(16,17)11-1-3-12(4-2-11)24(22,23)19-9-7-18(8-10-19)6-5-13(20)21/h1-4H,5-10H2,(H,20,21). The Hall–Kier alpha value is -1.65. The van der Waals surface area contributed by atoms with Crippen molar-refractivity contribution in [3.05, 3.63) is 29.8 Å². The average molecular weight is 366 g/mol. The van der Waals surface area contributed by atoms with Gasteiger partial charge in [-0.05, 0) is 24.3 Å². The Morgan fingerprint density at radius 3 is 2.08 bits per heavy atom. The molecule has 134 valence electrons. The maximum Gasteiger partial charge on any atom is 0.416 e. The van der Waals surface area contributed by atoms with Crippen molar-refractivity contribution in [3.8, 4) is 0 Å². The van der Waals surface area contributed by atoms with E-state index in [2.05, 4.69) is 0 Å². The van der Waals surface area contributed by atoms with Crippen molar-refractivity contribution in [2.24, 2.45) is 0 Å². The molecule has 0 atom stereocenters. The Labute approximate surface area is 137 Å². The molecule has 1 heterocycles. The first-order valence-corrected chi connectivity index (χ1v) is 8.66. The lowest BCUT2D eigenvalue weighted by atomic mass is 10.2. The van der Waals surface area contributed by atoms with Crippen molar-refractivity contribution in [1.29, 1.82) is 0 Å². The van der Waals surface area contributed by atoms with Crippen molar-refractivity contribution < 1.29 is 31.5 Å². The minimum Gasteiger partial charge on any atom is -0.481 e. The van der Waals surface area contributed by atoms with Crippen LogP contribution < -0.4 is 0 Å². The third-order valence-corrected chi connectivity index (χ3v) is 5.71. The van der Waals surface area contributed by atoms with Gasteiger partial charge in [0.1, 0.15) is 0 Å². The molecule has 1 fully saturated rings. The normalized spacial score (nSPS) is 17.8. The number of aliphatic carboxylic acids is 1. The van der Waals surface area contributed by atoms with Crippen molar-refractivity contribution in [1.82, 2.24) is 9.21 Å². The summed E-state index contributed by atoms with van der Waals surface area (Å²) in [5.74, 6) is -0.921. The largest absolute Gasteiger partial charge is 0.481 e. The molecule has 0 spiro atoms. The number of carbonyl (C=O) groups is 1. The molecular weight excluding hydrogens is 349 g/mol. The fourth-order valence-corrected chi connectivity index (χ4v) is 3.83. The molecule has 1 N–H and O–H groups in total. The number of sulfonamides is 1. The highest BCUT2D eigenvalue weighted by Crippen LogP contribution is 2.30. The third kappa shape index (κ3) is 4.46. The Balaban J connectivity index is 2.02. The first-order valence-electron chi connectivity index (χ1n) is 7.22. The molecule has 1 aliphatic heterocycles. The van der Waals surface area contributed by atoms with Gasteiger partial charge in [0.05, 0.1) is 16.9 Å². The maximum atomic E-state index is 12.5. The monoisotopic (exact) mass is 366 g/mol. The number of benzene rings is 1. The number of rotatable bonds is 5. The zero-order valence-corrected chi connectivity index (χ0v) is 13.5. The fraction of sp³-hybridized carbons (Fsp3) is 0.500. The van der Waals surface area contributed by atoms with Crippen LogP contribution >= 0.6 is 0 Å². The van der Waals surface area contributed by atoms with Crippen LogP contribution in [0.5, 0.6) is 0 Å². The highest BCUT2D eigenvalue weighted by Gasteiger charge is 2.32. The van der Waals surface area contributed by atoms with Gasteiger partial charge in [-0.25, -0.2) is 8.42 Å². The molecular formula is C14H17F3N2O4S. The van der Waals surface area contributed by atoms with Crippen molar-refractivity contribution >= 4 is 16.0 Å². The van der Waals surface area contributed by atoms with Gasteiger partial charge >= 0.3 is 12.1 Å². The summed E-state index contributed by atoms with van der Waals surface area (Å²) < 4.78 is 63.7. The zero-order chi connectivity index (χ0) is 18.0. The maximum absolute atomic E-state index is 12.5. The van der Waals surface area contributed by atoms with Gasteiger partial charge in [0, 0.05) is 32.7 Å². The van der Waals surface area contributed by atoms with Crippen LogP contribution in [0.25, 0.3) is 0 Å². The molecule has 24 heavy (non-hydrogen) atoms. The van der Waals surface area contributed by atoms with Crippen molar-refractivity contribution in [2.75, 3.05) is 32.7 Å². The Morgan fingerprint density at radius 1 is 1.08 bits per heavy atom. The van der Waals surface area contributed by atoms with Gasteiger partial charge in [-0.15, -0.1) is 0 Å². The minimum absolute atomic E-state index is 0.0222. The number of piperazine rings is 1.